The van der Waals surface area contributed by atoms with Gasteiger partial charge >= 0.3 is 0 Å². The van der Waals surface area contributed by atoms with E-state index in [0.29, 0.717) is 6.61 Å². The Kier molecular flexibility index (Phi) is 4.78. The van der Waals surface area contributed by atoms with Crippen molar-refractivity contribution in [3.63, 3.8) is 0 Å². The third-order valence-electron chi connectivity index (χ3n) is 3.26. The number of benzene rings is 1. The highest BCUT2D eigenvalue weighted by Gasteiger charge is 2.37. The maximum Gasteiger partial charge on any atom is 0.145 e. The van der Waals surface area contributed by atoms with E-state index in [1.54, 1.807) is 0 Å². The maximum absolute atomic E-state index is 12.6. The van der Waals surface area contributed by atoms with Crippen LogP contribution in [0, 0.1) is 16.7 Å². The number of carbonyl (C=O) groups excluding carboxylic acids is 1. The Morgan fingerprint density at radius 3 is 2.00 bits per heavy atom. The first-order valence-corrected chi connectivity index (χ1v) is 6.84. The van der Waals surface area contributed by atoms with E-state index in [1.165, 1.54) is 0 Å². The van der Waals surface area contributed by atoms with Crippen LogP contribution in [-0.4, -0.2) is 12.4 Å². The standard InChI is InChI=1S/C17H26O2/c1-16(2,3)14(15(18)17(4,5)6)12-19-13-10-8-7-9-11-13/h7-11,14H,12H2,1-6H3/t14-/m0/s1. The van der Waals surface area contributed by atoms with Crippen LogP contribution in [0.1, 0.15) is 41.5 Å². The van der Waals surface area contributed by atoms with Crippen molar-refractivity contribution in [1.82, 2.24) is 0 Å². The van der Waals surface area contributed by atoms with Gasteiger partial charge in [0.15, 0.2) is 0 Å². The van der Waals surface area contributed by atoms with Crippen molar-refractivity contribution >= 4 is 5.78 Å². The van der Waals surface area contributed by atoms with E-state index >= 15 is 0 Å². The molecule has 1 aromatic carbocycles. The minimum absolute atomic E-state index is 0.0981. The van der Waals surface area contributed by atoms with Crippen molar-refractivity contribution in [2.75, 3.05) is 6.61 Å². The van der Waals surface area contributed by atoms with Crippen LogP contribution >= 0.6 is 0 Å². The van der Waals surface area contributed by atoms with Gasteiger partial charge in [-0.05, 0) is 17.5 Å². The monoisotopic (exact) mass is 262 g/mol. The molecule has 0 amide bonds. The molecule has 0 radical (unpaired) electrons. The van der Waals surface area contributed by atoms with Gasteiger partial charge in [0, 0.05) is 5.41 Å². The Morgan fingerprint density at radius 1 is 1.05 bits per heavy atom. The topological polar surface area (TPSA) is 26.3 Å². The van der Waals surface area contributed by atoms with Gasteiger partial charge in [-0.1, -0.05) is 59.7 Å². The summed E-state index contributed by atoms with van der Waals surface area (Å²) in [5.74, 6) is 0.974. The van der Waals surface area contributed by atoms with E-state index in [-0.39, 0.29) is 22.5 Å². The van der Waals surface area contributed by atoms with Crippen molar-refractivity contribution in [2.45, 2.75) is 41.5 Å². The minimum atomic E-state index is -0.335. The van der Waals surface area contributed by atoms with Crippen molar-refractivity contribution in [3.8, 4) is 5.75 Å². The van der Waals surface area contributed by atoms with E-state index < -0.39 is 0 Å². The predicted molar refractivity (Wildman–Crippen MR) is 79.3 cm³/mol. The molecule has 0 unspecified atom stereocenters. The second-order valence-corrected chi connectivity index (χ2v) is 7.16. The third kappa shape index (κ3) is 4.70. The molecular weight excluding hydrogens is 236 g/mol. The molecule has 0 aliphatic carbocycles. The molecule has 2 heteroatoms. The second-order valence-electron chi connectivity index (χ2n) is 7.16. The van der Waals surface area contributed by atoms with Crippen LogP contribution in [0.3, 0.4) is 0 Å². The molecular formula is C17H26O2. The van der Waals surface area contributed by atoms with Gasteiger partial charge in [0.1, 0.15) is 11.5 Å². The third-order valence-corrected chi connectivity index (χ3v) is 3.26. The van der Waals surface area contributed by atoms with Gasteiger partial charge in [-0.3, -0.25) is 4.79 Å². The molecule has 0 spiro atoms. The summed E-state index contributed by atoms with van der Waals surface area (Å²) in [5.41, 5.74) is -0.433. The van der Waals surface area contributed by atoms with Crippen LogP contribution in [0.15, 0.2) is 30.3 Å². The van der Waals surface area contributed by atoms with Gasteiger partial charge in [0.05, 0.1) is 12.5 Å². The second kappa shape index (κ2) is 5.77. The van der Waals surface area contributed by atoms with E-state index in [0.717, 1.165) is 5.75 Å². The molecule has 2 nitrogen and oxygen atoms in total. The molecule has 0 fully saturated rings. The zero-order chi connectivity index (χ0) is 14.7. The first-order valence-electron chi connectivity index (χ1n) is 6.84. The summed E-state index contributed by atoms with van der Waals surface area (Å²) >= 11 is 0. The Morgan fingerprint density at radius 2 is 1.58 bits per heavy atom. The lowest BCUT2D eigenvalue weighted by atomic mass is 9.71. The Hall–Kier alpha value is -1.31. The number of para-hydroxylation sites is 1. The van der Waals surface area contributed by atoms with Gasteiger partial charge in [0.25, 0.3) is 0 Å². The lowest BCUT2D eigenvalue weighted by Crippen LogP contribution is -2.40. The van der Waals surface area contributed by atoms with Crippen molar-refractivity contribution in [3.05, 3.63) is 30.3 Å². The minimum Gasteiger partial charge on any atom is -0.493 e. The Bertz CT molecular complexity index is 407. The van der Waals surface area contributed by atoms with E-state index in [1.807, 2.05) is 51.1 Å². The van der Waals surface area contributed by atoms with Crippen molar-refractivity contribution in [2.24, 2.45) is 16.7 Å². The van der Waals surface area contributed by atoms with Crippen LogP contribution < -0.4 is 4.74 Å². The molecule has 0 saturated heterocycles. The summed E-state index contributed by atoms with van der Waals surface area (Å²) in [6, 6.07) is 9.66. The van der Waals surface area contributed by atoms with E-state index in [4.69, 9.17) is 4.74 Å². The number of carbonyl (C=O) groups is 1. The fraction of sp³-hybridized carbons (Fsp3) is 0.588. The average Bonchev–Trinajstić information content (AvgIpc) is 2.27. The molecule has 0 aliphatic heterocycles. The van der Waals surface area contributed by atoms with Crippen LogP contribution in [0.25, 0.3) is 0 Å². The Labute approximate surface area is 117 Å². The van der Waals surface area contributed by atoms with Gasteiger partial charge in [0.2, 0.25) is 0 Å². The summed E-state index contributed by atoms with van der Waals surface area (Å²) < 4.78 is 5.79. The summed E-state index contributed by atoms with van der Waals surface area (Å²) in [4.78, 5) is 12.6. The highest BCUT2D eigenvalue weighted by molar-refractivity contribution is 5.86. The smallest absolute Gasteiger partial charge is 0.145 e. The van der Waals surface area contributed by atoms with Crippen molar-refractivity contribution in [1.29, 1.82) is 0 Å². The molecule has 1 atom stereocenters. The summed E-state index contributed by atoms with van der Waals surface area (Å²) in [6.07, 6.45) is 0. The zero-order valence-electron chi connectivity index (χ0n) is 13.0. The number of Topliss-reactive ketones (excluding diaryl/α,β-unsaturated/α-hetero) is 1. The number of ether oxygens (including phenoxy) is 1. The van der Waals surface area contributed by atoms with E-state index in [2.05, 4.69) is 20.8 Å². The number of hydrogen-bond donors (Lipinski definition) is 0. The molecule has 1 aromatic rings. The summed E-state index contributed by atoms with van der Waals surface area (Å²) in [7, 11) is 0. The lowest BCUT2D eigenvalue weighted by molar-refractivity contribution is -0.135. The number of rotatable bonds is 4. The SMILES string of the molecule is CC(C)(C)C(=O)[C@H](COc1ccccc1)C(C)(C)C. The average molecular weight is 262 g/mol. The van der Waals surface area contributed by atoms with Gasteiger partial charge in [-0.25, -0.2) is 0 Å². The first-order chi connectivity index (χ1) is 8.62. The molecule has 19 heavy (non-hydrogen) atoms. The molecule has 0 saturated carbocycles. The summed E-state index contributed by atoms with van der Waals surface area (Å²) in [5, 5.41) is 0. The fourth-order valence-corrected chi connectivity index (χ4v) is 1.94. The molecule has 0 aliphatic rings. The largest absolute Gasteiger partial charge is 0.493 e. The molecule has 0 aromatic heterocycles. The van der Waals surface area contributed by atoms with Crippen molar-refractivity contribution < 1.29 is 9.53 Å². The van der Waals surface area contributed by atoms with Gasteiger partial charge in [-0.15, -0.1) is 0 Å². The molecule has 0 N–H and O–H groups in total. The first kappa shape index (κ1) is 15.7. The van der Waals surface area contributed by atoms with Gasteiger partial charge < -0.3 is 4.74 Å². The van der Waals surface area contributed by atoms with Gasteiger partial charge in [-0.2, -0.15) is 0 Å². The fourth-order valence-electron chi connectivity index (χ4n) is 1.94. The number of hydrogen-bond acceptors (Lipinski definition) is 2. The lowest BCUT2D eigenvalue weighted by Gasteiger charge is -2.34. The quantitative estimate of drug-likeness (QED) is 0.806. The molecule has 0 heterocycles. The molecule has 106 valence electrons. The summed E-state index contributed by atoms with van der Waals surface area (Å²) in [6.45, 7) is 12.6. The highest BCUT2D eigenvalue weighted by atomic mass is 16.5. The number of ketones is 1. The molecule has 0 bridgehead atoms. The maximum atomic E-state index is 12.6. The van der Waals surface area contributed by atoms with Crippen LogP contribution in [-0.2, 0) is 4.79 Å². The highest BCUT2D eigenvalue weighted by Crippen LogP contribution is 2.33. The van der Waals surface area contributed by atoms with Crippen LogP contribution in [0.5, 0.6) is 5.75 Å². The zero-order valence-corrected chi connectivity index (χ0v) is 13.0. The van der Waals surface area contributed by atoms with Crippen LogP contribution in [0.2, 0.25) is 0 Å². The normalized spacial score (nSPS) is 14.0. The Balaban J connectivity index is 2.80. The van der Waals surface area contributed by atoms with E-state index in [9.17, 15) is 4.79 Å². The van der Waals surface area contributed by atoms with Crippen LogP contribution in [0.4, 0.5) is 0 Å². The molecule has 1 rings (SSSR count). The predicted octanol–water partition coefficient (Wildman–Crippen LogP) is 4.34.